The number of para-hydroxylation sites is 1. The molecule has 0 aliphatic rings. The van der Waals surface area contributed by atoms with Crippen molar-refractivity contribution in [3.05, 3.63) is 72.3 Å². The summed E-state index contributed by atoms with van der Waals surface area (Å²) >= 11 is 0. The minimum Gasteiger partial charge on any atom is -0.341 e. The summed E-state index contributed by atoms with van der Waals surface area (Å²) in [6, 6.07) is 20.0. The second-order valence-electron chi connectivity index (χ2n) is 7.26. The highest BCUT2D eigenvalue weighted by atomic mass is 32.2. The third-order valence-corrected chi connectivity index (χ3v) is 7.07. The van der Waals surface area contributed by atoms with Gasteiger partial charge in [-0.3, -0.25) is 4.79 Å². The number of sulfonamides is 1. The van der Waals surface area contributed by atoms with E-state index in [0.717, 1.165) is 32.7 Å². The molecule has 0 saturated heterocycles. The van der Waals surface area contributed by atoms with Crippen LogP contribution in [-0.4, -0.2) is 37.3 Å². The molecule has 0 aliphatic carbocycles. The summed E-state index contributed by atoms with van der Waals surface area (Å²) < 4.78 is 27.8. The van der Waals surface area contributed by atoms with Gasteiger partial charge >= 0.3 is 0 Å². The minimum atomic E-state index is -3.52. The summed E-state index contributed by atoms with van der Waals surface area (Å²) in [6.45, 7) is 2.97. The van der Waals surface area contributed by atoms with Crippen molar-refractivity contribution in [2.75, 3.05) is 19.4 Å². The Morgan fingerprint density at radius 2 is 1.60 bits per heavy atom. The predicted octanol–water partition coefficient (Wildman–Crippen LogP) is 4.32. The number of nitrogens with one attached hydrogen (secondary N) is 1. The number of carbonyl (C=O) groups excluding carboxylic acids is 1. The van der Waals surface area contributed by atoms with Crippen molar-refractivity contribution in [3.63, 3.8) is 0 Å². The monoisotopic (exact) mass is 421 g/mol. The summed E-state index contributed by atoms with van der Waals surface area (Å²) in [5, 5.41) is 5.14. The standard InChI is InChI=1S/C23H23N3O3S/c1-4-26-21-8-6-5-7-19(21)20-15-17(11-14-22(20)26)24-23(27)16-9-12-18(13-10-16)30(28,29)25(2)3/h5-15H,4H2,1-3H3,(H,24,27). The molecule has 30 heavy (non-hydrogen) atoms. The lowest BCUT2D eigenvalue weighted by Crippen LogP contribution is -2.22. The molecular weight excluding hydrogens is 398 g/mol. The zero-order chi connectivity index (χ0) is 21.5. The van der Waals surface area contributed by atoms with Crippen LogP contribution in [0.5, 0.6) is 0 Å². The van der Waals surface area contributed by atoms with E-state index in [9.17, 15) is 13.2 Å². The van der Waals surface area contributed by atoms with Crippen LogP contribution in [0.2, 0.25) is 0 Å². The average Bonchev–Trinajstić information content (AvgIpc) is 3.06. The Hall–Kier alpha value is -3.16. The molecule has 0 unspecified atom stereocenters. The Morgan fingerprint density at radius 1 is 0.933 bits per heavy atom. The summed E-state index contributed by atoms with van der Waals surface area (Å²) in [6.07, 6.45) is 0. The quantitative estimate of drug-likeness (QED) is 0.522. The first-order valence-electron chi connectivity index (χ1n) is 9.68. The van der Waals surface area contributed by atoms with Crippen molar-refractivity contribution in [2.45, 2.75) is 18.4 Å². The number of hydrogen-bond acceptors (Lipinski definition) is 3. The van der Waals surface area contributed by atoms with Crippen LogP contribution in [0.4, 0.5) is 5.69 Å². The molecule has 1 aromatic heterocycles. The molecule has 1 N–H and O–H groups in total. The van der Waals surface area contributed by atoms with Gasteiger partial charge in [-0.2, -0.15) is 0 Å². The van der Waals surface area contributed by atoms with E-state index >= 15 is 0 Å². The van der Waals surface area contributed by atoms with Crippen molar-refractivity contribution < 1.29 is 13.2 Å². The molecule has 1 heterocycles. The smallest absolute Gasteiger partial charge is 0.255 e. The van der Waals surface area contributed by atoms with Crippen LogP contribution in [0.15, 0.2) is 71.6 Å². The zero-order valence-corrected chi connectivity index (χ0v) is 17.9. The maximum Gasteiger partial charge on any atom is 0.255 e. The van der Waals surface area contributed by atoms with Gasteiger partial charge in [0.15, 0.2) is 0 Å². The number of aromatic nitrogens is 1. The van der Waals surface area contributed by atoms with Gasteiger partial charge < -0.3 is 9.88 Å². The fourth-order valence-electron chi connectivity index (χ4n) is 3.66. The van der Waals surface area contributed by atoms with Gasteiger partial charge in [0.2, 0.25) is 10.0 Å². The number of nitrogens with zero attached hydrogens (tertiary/aromatic N) is 2. The minimum absolute atomic E-state index is 0.151. The number of hydrogen-bond donors (Lipinski definition) is 1. The van der Waals surface area contributed by atoms with Gasteiger partial charge in [-0.1, -0.05) is 18.2 Å². The number of benzene rings is 3. The van der Waals surface area contributed by atoms with Gasteiger partial charge in [0.1, 0.15) is 0 Å². The largest absolute Gasteiger partial charge is 0.341 e. The normalized spacial score (nSPS) is 12.0. The summed E-state index contributed by atoms with van der Waals surface area (Å²) in [5.74, 6) is -0.289. The molecule has 4 rings (SSSR count). The van der Waals surface area contributed by atoms with Crippen molar-refractivity contribution in [1.82, 2.24) is 8.87 Å². The van der Waals surface area contributed by atoms with Gasteiger partial charge in [-0.05, 0) is 55.5 Å². The molecule has 4 aromatic rings. The highest BCUT2D eigenvalue weighted by Gasteiger charge is 2.18. The molecule has 0 spiro atoms. The van der Waals surface area contributed by atoms with Gasteiger partial charge in [-0.15, -0.1) is 0 Å². The maximum absolute atomic E-state index is 12.7. The molecule has 154 valence electrons. The van der Waals surface area contributed by atoms with E-state index in [-0.39, 0.29) is 10.8 Å². The van der Waals surface area contributed by atoms with Crippen LogP contribution in [0.25, 0.3) is 21.8 Å². The SMILES string of the molecule is CCn1c2ccccc2c2cc(NC(=O)c3ccc(S(=O)(=O)N(C)C)cc3)ccc21. The first-order chi connectivity index (χ1) is 14.3. The van der Waals surface area contributed by atoms with E-state index in [4.69, 9.17) is 0 Å². The molecule has 6 nitrogen and oxygen atoms in total. The first-order valence-corrected chi connectivity index (χ1v) is 11.1. The van der Waals surface area contributed by atoms with Crippen LogP contribution in [0, 0.1) is 0 Å². The van der Waals surface area contributed by atoms with Crippen LogP contribution in [0.1, 0.15) is 17.3 Å². The Kier molecular flexibility index (Phi) is 5.09. The highest BCUT2D eigenvalue weighted by Crippen LogP contribution is 2.31. The van der Waals surface area contributed by atoms with Crippen molar-refractivity contribution in [3.8, 4) is 0 Å². The van der Waals surface area contributed by atoms with E-state index in [1.54, 1.807) is 0 Å². The lowest BCUT2D eigenvalue weighted by molar-refractivity contribution is 0.102. The number of aryl methyl sites for hydroxylation is 1. The van der Waals surface area contributed by atoms with Crippen LogP contribution in [-0.2, 0) is 16.6 Å². The second kappa shape index (κ2) is 7.59. The topological polar surface area (TPSA) is 71.4 Å². The molecule has 0 radical (unpaired) electrons. The average molecular weight is 422 g/mol. The molecule has 0 fully saturated rings. The van der Waals surface area contributed by atoms with E-state index in [1.165, 1.54) is 38.4 Å². The predicted molar refractivity (Wildman–Crippen MR) is 120 cm³/mol. The maximum atomic E-state index is 12.7. The fraction of sp³-hybridized carbons (Fsp3) is 0.174. The molecule has 0 atom stereocenters. The van der Waals surface area contributed by atoms with E-state index in [0.29, 0.717) is 11.3 Å². The Bertz CT molecular complexity index is 1350. The third-order valence-electron chi connectivity index (χ3n) is 5.24. The van der Waals surface area contributed by atoms with Crippen molar-refractivity contribution in [2.24, 2.45) is 0 Å². The Balaban J connectivity index is 1.64. The number of rotatable bonds is 5. The molecule has 3 aromatic carbocycles. The van der Waals surface area contributed by atoms with Gasteiger partial charge in [-0.25, -0.2) is 12.7 Å². The van der Waals surface area contributed by atoms with Gasteiger partial charge in [0.25, 0.3) is 5.91 Å². The second-order valence-corrected chi connectivity index (χ2v) is 9.41. The van der Waals surface area contributed by atoms with Crippen molar-refractivity contribution >= 4 is 43.4 Å². The van der Waals surface area contributed by atoms with Crippen LogP contribution >= 0.6 is 0 Å². The first kappa shape index (κ1) is 20.1. The Labute approximate surface area is 175 Å². The third kappa shape index (κ3) is 3.36. The summed E-state index contributed by atoms with van der Waals surface area (Å²) in [7, 11) is -0.577. The highest BCUT2D eigenvalue weighted by molar-refractivity contribution is 7.89. The van der Waals surface area contributed by atoms with Crippen LogP contribution < -0.4 is 5.32 Å². The number of carbonyl (C=O) groups is 1. The van der Waals surface area contributed by atoms with Gasteiger partial charge in [0, 0.05) is 53.7 Å². The van der Waals surface area contributed by atoms with Gasteiger partial charge in [0.05, 0.1) is 4.90 Å². The summed E-state index contributed by atoms with van der Waals surface area (Å²) in [5.41, 5.74) is 3.37. The van der Waals surface area contributed by atoms with E-state index < -0.39 is 10.0 Å². The Morgan fingerprint density at radius 3 is 2.27 bits per heavy atom. The molecule has 7 heteroatoms. The summed E-state index contributed by atoms with van der Waals surface area (Å²) in [4.78, 5) is 12.8. The molecule has 0 bridgehead atoms. The lowest BCUT2D eigenvalue weighted by Gasteiger charge is -2.12. The molecule has 1 amide bonds. The zero-order valence-electron chi connectivity index (χ0n) is 17.1. The molecule has 0 saturated carbocycles. The fourth-order valence-corrected chi connectivity index (χ4v) is 4.57. The number of amides is 1. The number of anilines is 1. The van der Waals surface area contributed by atoms with Crippen molar-refractivity contribution in [1.29, 1.82) is 0 Å². The van der Waals surface area contributed by atoms with E-state index in [2.05, 4.69) is 28.9 Å². The molecular formula is C23H23N3O3S. The van der Waals surface area contributed by atoms with E-state index in [1.807, 2.05) is 30.3 Å². The molecule has 0 aliphatic heterocycles. The van der Waals surface area contributed by atoms with Crippen LogP contribution in [0.3, 0.4) is 0 Å². The lowest BCUT2D eigenvalue weighted by atomic mass is 10.1. The number of fused-ring (bicyclic) bond motifs is 3.